The molecule has 36 nitrogen and oxygen atoms in total. The molecule has 19 N–H and O–H groups in total. The number of carboxylic acid groups (broad SMARTS) is 2. The Bertz CT molecular complexity index is 4190. The van der Waals surface area contributed by atoms with E-state index in [-0.39, 0.29) is 98.1 Å². The molecule has 5 aromatic rings. The Labute approximate surface area is 642 Å². The molecule has 0 saturated carbocycles. The molecule has 5 aromatic carbocycles. The molecule has 598 valence electrons. The third-order valence-corrected chi connectivity index (χ3v) is 23.2. The first-order valence-corrected chi connectivity index (χ1v) is 40.7. The first-order chi connectivity index (χ1) is 52.3. The summed E-state index contributed by atoms with van der Waals surface area (Å²) in [5.41, 5.74) is 13.9. The minimum absolute atomic E-state index is 0.0420. The van der Waals surface area contributed by atoms with Crippen LogP contribution in [0.1, 0.15) is 80.6 Å². The molecular weight excluding hydrogens is 1510 g/mol. The van der Waals surface area contributed by atoms with Gasteiger partial charge in [-0.2, -0.15) is 30.4 Å². The van der Waals surface area contributed by atoms with Crippen LogP contribution in [0.4, 0.5) is 22.7 Å². The number of phenols is 1. The summed E-state index contributed by atoms with van der Waals surface area (Å²) in [5, 5.41) is 74.1. The van der Waals surface area contributed by atoms with E-state index >= 15 is 0 Å². The van der Waals surface area contributed by atoms with Gasteiger partial charge in [-0.25, -0.2) is 0 Å². The molecule has 40 heteroatoms. The van der Waals surface area contributed by atoms with E-state index in [4.69, 9.17) is 16.0 Å². The smallest absolute Gasteiger partial charge is 0.303 e. The third-order valence-electron chi connectivity index (χ3n) is 16.2. The molecular formula is C70H94N15O21PS3. The number of rotatable bonds is 50. The highest BCUT2D eigenvalue weighted by Crippen LogP contribution is 2.59. The molecule has 0 fully saturated rings. The molecule has 0 aliphatic rings. The SMILES string of the molecule is CCOP(=O)(CCSC[C@H](NC(=O)c1ccc(N=Nc2ccc(N(C)C)cc2)cc1)C(=O)NCC(=O)N[C@@H](CCC(=O)O)C(=O)N[C@@H](CO)C(=O)N[C@@H](Cc1ccc(O)cc1)C(=O)N[C@@H](CCC(=O)O)C(=O)N[C@@H](CCCCN)C(N)=O)SCCNC(=O)CCC(=O)NCCNc1cccc2c(S(=O)(=O)O)cccc12. The summed E-state index contributed by atoms with van der Waals surface area (Å²) in [5.74, 6) is -12.1. The van der Waals surface area contributed by atoms with E-state index in [1.807, 2.05) is 31.1 Å². The predicted octanol–water partition coefficient (Wildman–Crippen LogP) is 2.31. The Morgan fingerprint density at radius 1 is 0.591 bits per heavy atom. The van der Waals surface area contributed by atoms with Crippen molar-refractivity contribution in [3.05, 3.63) is 120 Å². The second-order valence-corrected chi connectivity index (χ2v) is 32.4. The number of nitrogens with zero attached hydrogens (tertiary/aromatic N) is 3. The summed E-state index contributed by atoms with van der Waals surface area (Å²) >= 11 is 2.04. The fourth-order valence-corrected chi connectivity index (χ4v) is 17.0. The highest BCUT2D eigenvalue weighted by molar-refractivity contribution is 8.56. The van der Waals surface area contributed by atoms with Crippen molar-refractivity contribution in [3.8, 4) is 5.75 Å². The van der Waals surface area contributed by atoms with Gasteiger partial charge in [-0.15, -0.1) is 0 Å². The van der Waals surface area contributed by atoms with Crippen molar-refractivity contribution in [2.45, 2.75) is 112 Å². The highest BCUT2D eigenvalue weighted by atomic mass is 32.7. The van der Waals surface area contributed by atoms with Crippen molar-refractivity contribution in [3.63, 3.8) is 0 Å². The number of primary amides is 1. The number of nitrogens with one attached hydrogen (secondary N) is 10. The molecule has 1 unspecified atom stereocenters. The third kappa shape index (κ3) is 32.1. The Morgan fingerprint density at radius 2 is 1.15 bits per heavy atom. The molecule has 0 aliphatic heterocycles. The number of nitrogens with two attached hydrogens (primary N) is 2. The van der Waals surface area contributed by atoms with Crippen LogP contribution < -0.4 is 69.5 Å². The molecule has 0 saturated heterocycles. The average molecular weight is 1610 g/mol. The van der Waals surface area contributed by atoms with Crippen LogP contribution in [0.2, 0.25) is 0 Å². The zero-order valence-corrected chi connectivity index (χ0v) is 64.0. The number of azo groups is 1. The van der Waals surface area contributed by atoms with Gasteiger partial charge in [0.1, 0.15) is 46.9 Å². The van der Waals surface area contributed by atoms with Crippen LogP contribution >= 0.6 is 29.7 Å². The van der Waals surface area contributed by atoms with Gasteiger partial charge < -0.3 is 94.5 Å². The van der Waals surface area contributed by atoms with Crippen LogP contribution in [-0.2, 0) is 78.4 Å². The number of aromatic hydroxyl groups is 1. The van der Waals surface area contributed by atoms with Crippen molar-refractivity contribution < 1.29 is 100 Å². The number of phenolic OH excluding ortho intramolecular Hbond substituents is 1. The van der Waals surface area contributed by atoms with E-state index in [0.29, 0.717) is 46.2 Å². The summed E-state index contributed by atoms with van der Waals surface area (Å²) < 4.78 is 53.2. The van der Waals surface area contributed by atoms with Gasteiger partial charge in [0.15, 0.2) is 0 Å². The predicted molar refractivity (Wildman–Crippen MR) is 411 cm³/mol. The van der Waals surface area contributed by atoms with Gasteiger partial charge in [-0.05, 0) is 124 Å². The number of aliphatic carboxylic acids is 2. The normalized spacial score (nSPS) is 13.5. The number of benzene rings is 5. The molecule has 0 spiro atoms. The van der Waals surface area contributed by atoms with Crippen LogP contribution in [-0.4, -0.2) is 224 Å². The van der Waals surface area contributed by atoms with Gasteiger partial charge in [0, 0.05) is 117 Å². The number of anilines is 2. The number of carboxylic acids is 2. The number of hydrogen-bond acceptors (Lipinski definition) is 25. The lowest BCUT2D eigenvalue weighted by Crippen LogP contribution is -2.60. The van der Waals surface area contributed by atoms with Crippen molar-refractivity contribution in [2.24, 2.45) is 21.7 Å². The first-order valence-electron chi connectivity index (χ1n) is 34.7. The van der Waals surface area contributed by atoms with Crippen LogP contribution in [0.25, 0.3) is 10.8 Å². The van der Waals surface area contributed by atoms with E-state index in [1.54, 1.807) is 43.3 Å². The Balaban J connectivity index is 1.22. The minimum Gasteiger partial charge on any atom is -0.508 e. The maximum atomic E-state index is 14.1. The van der Waals surface area contributed by atoms with Crippen molar-refractivity contribution >= 4 is 144 Å². The van der Waals surface area contributed by atoms with E-state index in [0.717, 1.165) is 28.8 Å². The second-order valence-electron chi connectivity index (χ2n) is 24.8. The Hall–Kier alpha value is -10.3. The van der Waals surface area contributed by atoms with Crippen LogP contribution in [0.3, 0.4) is 0 Å². The zero-order chi connectivity index (χ0) is 80.9. The zero-order valence-electron chi connectivity index (χ0n) is 60.6. The molecule has 0 aliphatic carbocycles. The summed E-state index contributed by atoms with van der Waals surface area (Å²) in [6, 6.07) is 18.0. The summed E-state index contributed by atoms with van der Waals surface area (Å²) in [6.45, 7) is -3.17. The second kappa shape index (κ2) is 46.3. The lowest BCUT2D eigenvalue weighted by Gasteiger charge is -2.26. The van der Waals surface area contributed by atoms with E-state index in [9.17, 15) is 95.5 Å². The number of amides is 10. The minimum atomic E-state index is -4.48. The van der Waals surface area contributed by atoms with E-state index < -0.39 is 163 Å². The number of unbranched alkanes of at least 4 members (excludes halogenated alkanes) is 1. The van der Waals surface area contributed by atoms with Crippen molar-refractivity contribution in [1.82, 2.24) is 47.9 Å². The maximum Gasteiger partial charge on any atom is 0.303 e. The number of fused-ring (bicyclic) bond motifs is 1. The van der Waals surface area contributed by atoms with Crippen molar-refractivity contribution in [1.29, 1.82) is 0 Å². The maximum absolute atomic E-state index is 14.1. The van der Waals surface area contributed by atoms with E-state index in [1.165, 1.54) is 60.7 Å². The van der Waals surface area contributed by atoms with E-state index in [2.05, 4.69) is 63.4 Å². The lowest BCUT2D eigenvalue weighted by molar-refractivity contribution is -0.139. The average Bonchev–Trinajstić information content (AvgIpc) is 0.789. The molecule has 0 bridgehead atoms. The van der Waals surface area contributed by atoms with Gasteiger partial charge in [0.25, 0.3) is 22.6 Å². The summed E-state index contributed by atoms with van der Waals surface area (Å²) in [4.78, 5) is 160. The molecule has 7 atom stereocenters. The van der Waals surface area contributed by atoms with Crippen LogP contribution in [0.15, 0.2) is 124 Å². The fourth-order valence-electron chi connectivity index (χ4n) is 10.4. The molecule has 0 aromatic heterocycles. The molecule has 5 rings (SSSR count). The topological polar surface area (TPSA) is 567 Å². The standard InChI is InChI=1S/C70H94N15O21PS3/c1-4-106-107(102,109-37-35-75-60(89)29-28-59(88)74-34-33-73-51-12-7-10-50-49(51)9-8-13-58(50)110(103,104)105)36-38-108-42-57(82-65(96)44-16-18-45(19-17-44)83-84-46-20-22-47(23-21-46)85(2)3)66(97)76-40-61(90)77-53(26-30-62(91)92)67(98)81-56(41-86)70(101)80-55(39-43-14-24-48(87)25-15-43)69(100)79-54(27-31-63(93)94)68(99)78-52(64(72)95)11-5-6-32-71/h7-10,12-25,52-57,73,86-87H,4-6,11,26-42,71H2,1-3H3,(H2,72,95)(H,74,88)(H,75,89)(H,76,97)(H,77,90)(H,78,99)(H,79,100)(H,80,101)(H,81,98)(H,82,96)(H,91,92)(H,93,94)(H,103,104,105)/t52-,53-,54-,55-,56-,57-,107?/m0/s1. The van der Waals surface area contributed by atoms with Gasteiger partial charge in [0.2, 0.25) is 53.2 Å². The van der Waals surface area contributed by atoms with Gasteiger partial charge in [-0.1, -0.05) is 47.8 Å². The molecule has 10 amide bonds. The number of carbonyl (C=O) groups is 12. The number of thioether (sulfide) groups is 1. The van der Waals surface area contributed by atoms with Crippen LogP contribution in [0, 0.1) is 0 Å². The first kappa shape index (κ1) is 90.3. The number of carbonyl (C=O) groups excluding carboxylic acids is 10. The fraction of sp³-hybridized carbons (Fsp3) is 0.429. The monoisotopic (exact) mass is 1610 g/mol. The Kier molecular flexibility index (Phi) is 38.0. The van der Waals surface area contributed by atoms with Gasteiger partial charge in [0.05, 0.1) is 31.1 Å². The molecule has 110 heavy (non-hydrogen) atoms. The molecule has 0 radical (unpaired) electrons. The van der Waals surface area contributed by atoms with Gasteiger partial charge >= 0.3 is 11.9 Å². The molecule has 0 heterocycles. The largest absolute Gasteiger partial charge is 0.508 e. The van der Waals surface area contributed by atoms with Crippen molar-refractivity contribution in [2.75, 3.05) is 93.7 Å². The number of aliphatic hydroxyl groups excluding tert-OH is 1. The summed E-state index contributed by atoms with van der Waals surface area (Å²) in [6.07, 6.45) is -2.43. The number of hydrogen-bond donors (Lipinski definition) is 17. The van der Waals surface area contributed by atoms with Crippen LogP contribution in [0.5, 0.6) is 5.75 Å². The Morgan fingerprint density at radius 3 is 1.73 bits per heavy atom. The lowest BCUT2D eigenvalue weighted by atomic mass is 10.0. The number of aliphatic hydroxyl groups is 1. The highest BCUT2D eigenvalue weighted by Gasteiger charge is 2.34. The summed E-state index contributed by atoms with van der Waals surface area (Å²) in [7, 11) is -0.706. The quantitative estimate of drug-likeness (QED) is 0.0115. The van der Waals surface area contributed by atoms with Gasteiger partial charge in [-0.3, -0.25) is 66.7 Å².